The van der Waals surface area contributed by atoms with E-state index in [4.69, 9.17) is 23.2 Å². The van der Waals surface area contributed by atoms with Gasteiger partial charge in [0.25, 0.3) is 0 Å². The number of nitrogens with one attached hydrogen (secondary N) is 1. The highest BCUT2D eigenvalue weighted by atomic mass is 35.5. The largest absolute Gasteiger partial charge is 0.320 e. The van der Waals surface area contributed by atoms with E-state index in [0.29, 0.717) is 10.0 Å². The van der Waals surface area contributed by atoms with Gasteiger partial charge in [-0.25, -0.2) is 0 Å². The molecular weight excluding hydrogens is 325 g/mol. The van der Waals surface area contributed by atoms with Gasteiger partial charge in [0, 0.05) is 5.92 Å². The van der Waals surface area contributed by atoms with Gasteiger partial charge in [-0.3, -0.25) is 0 Å². The normalized spacial score (nSPS) is 12.5. The lowest BCUT2D eigenvalue weighted by Crippen LogP contribution is -2.13. The lowest BCUT2D eigenvalue weighted by Gasteiger charge is -2.20. The van der Waals surface area contributed by atoms with E-state index >= 15 is 0 Å². The zero-order chi connectivity index (χ0) is 16.2. The van der Waals surface area contributed by atoms with Crippen LogP contribution in [-0.4, -0.2) is 13.6 Å². The number of benzene rings is 3. The smallest absolute Gasteiger partial charge is 0.0595 e. The number of rotatable bonds is 5. The van der Waals surface area contributed by atoms with Gasteiger partial charge in [-0.2, -0.15) is 0 Å². The average molecular weight is 344 g/mol. The molecule has 0 spiro atoms. The fourth-order valence-electron chi connectivity index (χ4n) is 3.07. The van der Waals surface area contributed by atoms with Crippen LogP contribution in [0.25, 0.3) is 10.8 Å². The molecule has 118 valence electrons. The summed E-state index contributed by atoms with van der Waals surface area (Å²) in [6.07, 6.45) is 1.00. The Morgan fingerprint density at radius 1 is 0.913 bits per heavy atom. The lowest BCUT2D eigenvalue weighted by molar-refractivity contribution is 0.664. The summed E-state index contributed by atoms with van der Waals surface area (Å²) >= 11 is 12.3. The molecule has 3 rings (SSSR count). The van der Waals surface area contributed by atoms with Crippen molar-refractivity contribution in [1.29, 1.82) is 0 Å². The van der Waals surface area contributed by atoms with Crippen LogP contribution in [-0.2, 0) is 0 Å². The van der Waals surface area contributed by atoms with E-state index in [1.807, 2.05) is 19.2 Å². The standard InChI is InChI=1S/C20H19Cl2N/c1-23-12-11-17(15-9-10-19(21)20(22)13-15)18-8-4-6-14-5-2-3-7-16(14)18/h2-10,13,17,23H,11-12H2,1H3/t17-/m0/s1. The van der Waals surface area contributed by atoms with Gasteiger partial charge in [-0.15, -0.1) is 0 Å². The molecule has 0 aliphatic rings. The second-order valence-corrected chi connectivity index (χ2v) is 6.50. The Morgan fingerprint density at radius 3 is 2.48 bits per heavy atom. The molecule has 0 radical (unpaired) electrons. The average Bonchev–Trinajstić information content (AvgIpc) is 2.58. The third-order valence-corrected chi connectivity index (χ3v) is 4.97. The SMILES string of the molecule is CNCC[C@@H](c1ccc(Cl)c(Cl)c1)c1cccc2ccccc12. The Labute approximate surface area is 147 Å². The summed E-state index contributed by atoms with van der Waals surface area (Å²) in [6.45, 7) is 0.939. The van der Waals surface area contributed by atoms with Crippen molar-refractivity contribution < 1.29 is 0 Å². The van der Waals surface area contributed by atoms with Crippen LogP contribution in [0.4, 0.5) is 0 Å². The van der Waals surface area contributed by atoms with Gasteiger partial charge in [0.05, 0.1) is 10.0 Å². The topological polar surface area (TPSA) is 12.0 Å². The molecule has 1 N–H and O–H groups in total. The molecule has 3 heteroatoms. The first-order valence-electron chi connectivity index (χ1n) is 7.78. The van der Waals surface area contributed by atoms with Crippen molar-refractivity contribution in [3.8, 4) is 0 Å². The molecule has 1 nitrogen and oxygen atoms in total. The van der Waals surface area contributed by atoms with Gasteiger partial charge in [0.2, 0.25) is 0 Å². The summed E-state index contributed by atoms with van der Waals surface area (Å²) in [5.41, 5.74) is 2.53. The van der Waals surface area contributed by atoms with Crippen LogP contribution in [0.5, 0.6) is 0 Å². The Hall–Kier alpha value is -1.54. The van der Waals surface area contributed by atoms with Crippen molar-refractivity contribution in [3.05, 3.63) is 81.8 Å². The van der Waals surface area contributed by atoms with Crippen molar-refractivity contribution in [2.24, 2.45) is 0 Å². The third kappa shape index (κ3) is 3.53. The monoisotopic (exact) mass is 343 g/mol. The molecule has 0 amide bonds. The van der Waals surface area contributed by atoms with Crippen LogP contribution in [0, 0.1) is 0 Å². The van der Waals surface area contributed by atoms with E-state index < -0.39 is 0 Å². The lowest BCUT2D eigenvalue weighted by atomic mass is 9.85. The molecule has 0 aliphatic carbocycles. The second kappa shape index (κ2) is 7.35. The van der Waals surface area contributed by atoms with Gasteiger partial charge in [-0.05, 0) is 54.0 Å². The summed E-state index contributed by atoms with van der Waals surface area (Å²) in [5.74, 6) is 0.281. The van der Waals surface area contributed by atoms with Crippen LogP contribution in [0.2, 0.25) is 10.0 Å². The molecule has 0 aliphatic heterocycles. The maximum Gasteiger partial charge on any atom is 0.0595 e. The fourth-order valence-corrected chi connectivity index (χ4v) is 3.38. The van der Waals surface area contributed by atoms with E-state index in [1.54, 1.807) is 0 Å². The van der Waals surface area contributed by atoms with Crippen molar-refractivity contribution in [2.75, 3.05) is 13.6 Å². The Kier molecular flexibility index (Phi) is 5.22. The first-order valence-corrected chi connectivity index (χ1v) is 8.53. The molecule has 0 saturated carbocycles. The molecule has 0 heterocycles. The molecular formula is C20H19Cl2N. The van der Waals surface area contributed by atoms with Gasteiger partial charge in [-0.1, -0.05) is 71.7 Å². The number of fused-ring (bicyclic) bond motifs is 1. The van der Waals surface area contributed by atoms with Crippen LogP contribution in [0.1, 0.15) is 23.5 Å². The van der Waals surface area contributed by atoms with Gasteiger partial charge < -0.3 is 5.32 Å². The van der Waals surface area contributed by atoms with Crippen molar-refractivity contribution >= 4 is 34.0 Å². The summed E-state index contributed by atoms with van der Waals surface area (Å²) in [4.78, 5) is 0. The van der Waals surface area contributed by atoms with E-state index in [-0.39, 0.29) is 5.92 Å². The van der Waals surface area contributed by atoms with E-state index in [1.165, 1.54) is 21.9 Å². The number of hydrogen-bond acceptors (Lipinski definition) is 1. The summed E-state index contributed by atoms with van der Waals surface area (Å²) in [7, 11) is 1.98. The maximum absolute atomic E-state index is 6.25. The fraction of sp³-hybridized carbons (Fsp3) is 0.200. The minimum atomic E-state index is 0.281. The highest BCUT2D eigenvalue weighted by Crippen LogP contribution is 2.35. The van der Waals surface area contributed by atoms with Crippen LogP contribution >= 0.6 is 23.2 Å². The minimum absolute atomic E-state index is 0.281. The molecule has 3 aromatic carbocycles. The van der Waals surface area contributed by atoms with Crippen LogP contribution in [0.15, 0.2) is 60.7 Å². The molecule has 23 heavy (non-hydrogen) atoms. The molecule has 0 fully saturated rings. The molecule has 0 saturated heterocycles. The maximum atomic E-state index is 6.25. The predicted molar refractivity (Wildman–Crippen MR) is 101 cm³/mol. The molecule has 0 bridgehead atoms. The highest BCUT2D eigenvalue weighted by molar-refractivity contribution is 6.42. The minimum Gasteiger partial charge on any atom is -0.320 e. The van der Waals surface area contributed by atoms with Crippen LogP contribution in [0.3, 0.4) is 0 Å². The number of halogens is 2. The van der Waals surface area contributed by atoms with Gasteiger partial charge in [0.15, 0.2) is 0 Å². The van der Waals surface area contributed by atoms with E-state index in [2.05, 4.69) is 53.8 Å². The quantitative estimate of drug-likeness (QED) is 0.609. The Balaban J connectivity index is 2.12. The Bertz CT molecular complexity index is 808. The molecule has 0 aromatic heterocycles. The first kappa shape index (κ1) is 16.3. The van der Waals surface area contributed by atoms with Crippen LogP contribution < -0.4 is 5.32 Å². The number of hydrogen-bond donors (Lipinski definition) is 1. The zero-order valence-electron chi connectivity index (χ0n) is 13.0. The molecule has 3 aromatic rings. The summed E-state index contributed by atoms with van der Waals surface area (Å²) in [6, 6.07) is 21.0. The van der Waals surface area contributed by atoms with E-state index in [9.17, 15) is 0 Å². The van der Waals surface area contributed by atoms with Gasteiger partial charge in [0.1, 0.15) is 0 Å². The first-order chi connectivity index (χ1) is 11.2. The predicted octanol–water partition coefficient (Wildman–Crippen LogP) is 5.89. The second-order valence-electron chi connectivity index (χ2n) is 5.69. The summed E-state index contributed by atoms with van der Waals surface area (Å²) in [5, 5.41) is 7.02. The van der Waals surface area contributed by atoms with Crippen molar-refractivity contribution in [2.45, 2.75) is 12.3 Å². The van der Waals surface area contributed by atoms with Gasteiger partial charge >= 0.3 is 0 Å². The van der Waals surface area contributed by atoms with Crippen molar-refractivity contribution in [3.63, 3.8) is 0 Å². The zero-order valence-corrected chi connectivity index (χ0v) is 14.5. The van der Waals surface area contributed by atoms with E-state index in [0.717, 1.165) is 13.0 Å². The summed E-state index contributed by atoms with van der Waals surface area (Å²) < 4.78 is 0. The highest BCUT2D eigenvalue weighted by Gasteiger charge is 2.17. The molecule has 0 unspecified atom stereocenters. The molecule has 1 atom stereocenters. The third-order valence-electron chi connectivity index (χ3n) is 4.23. The van der Waals surface area contributed by atoms with Crippen molar-refractivity contribution in [1.82, 2.24) is 5.32 Å². The Morgan fingerprint density at radius 2 is 1.70 bits per heavy atom.